The lowest BCUT2D eigenvalue weighted by Gasteiger charge is -2.28. The Bertz CT molecular complexity index is 529. The first-order chi connectivity index (χ1) is 8.24. The van der Waals surface area contributed by atoms with Crippen molar-refractivity contribution in [1.82, 2.24) is 4.98 Å². The lowest BCUT2D eigenvalue weighted by Crippen LogP contribution is -2.19. The van der Waals surface area contributed by atoms with Crippen LogP contribution in [0.5, 0.6) is 5.75 Å². The first-order valence-electron chi connectivity index (χ1n) is 5.26. The SMILES string of the molecule is OC1CC(c2cscn2)Oc2ccc(F)cc21. The third-order valence-electron chi connectivity index (χ3n) is 2.82. The predicted molar refractivity (Wildman–Crippen MR) is 61.5 cm³/mol. The quantitative estimate of drug-likeness (QED) is 0.847. The van der Waals surface area contributed by atoms with Crippen LogP contribution < -0.4 is 4.74 Å². The van der Waals surface area contributed by atoms with Crippen molar-refractivity contribution in [3.05, 3.63) is 46.2 Å². The summed E-state index contributed by atoms with van der Waals surface area (Å²) in [6.45, 7) is 0. The number of fused-ring (bicyclic) bond motifs is 1. The minimum Gasteiger partial charge on any atom is -0.484 e. The maximum Gasteiger partial charge on any atom is 0.144 e. The van der Waals surface area contributed by atoms with Crippen LogP contribution in [0.2, 0.25) is 0 Å². The molecule has 1 aliphatic heterocycles. The van der Waals surface area contributed by atoms with Crippen LogP contribution >= 0.6 is 11.3 Å². The smallest absolute Gasteiger partial charge is 0.144 e. The van der Waals surface area contributed by atoms with E-state index in [0.717, 1.165) is 5.69 Å². The van der Waals surface area contributed by atoms with Gasteiger partial charge in [0.05, 0.1) is 17.3 Å². The van der Waals surface area contributed by atoms with Gasteiger partial charge in [0.15, 0.2) is 0 Å². The Morgan fingerprint density at radius 3 is 3.12 bits per heavy atom. The molecule has 1 aromatic carbocycles. The average molecular weight is 251 g/mol. The molecule has 17 heavy (non-hydrogen) atoms. The van der Waals surface area contributed by atoms with Crippen molar-refractivity contribution in [2.75, 3.05) is 0 Å². The molecule has 0 radical (unpaired) electrons. The van der Waals surface area contributed by atoms with Crippen LogP contribution in [0.4, 0.5) is 4.39 Å². The van der Waals surface area contributed by atoms with Crippen LogP contribution in [0.3, 0.4) is 0 Å². The third-order valence-corrected chi connectivity index (χ3v) is 3.42. The molecule has 3 nitrogen and oxygen atoms in total. The van der Waals surface area contributed by atoms with Gasteiger partial charge in [0.1, 0.15) is 17.7 Å². The molecule has 5 heteroatoms. The van der Waals surface area contributed by atoms with Crippen LogP contribution in [0.25, 0.3) is 0 Å². The van der Waals surface area contributed by atoms with E-state index in [4.69, 9.17) is 4.74 Å². The van der Waals surface area contributed by atoms with Gasteiger partial charge < -0.3 is 9.84 Å². The van der Waals surface area contributed by atoms with E-state index in [1.54, 1.807) is 11.6 Å². The van der Waals surface area contributed by atoms with Crippen molar-refractivity contribution in [3.8, 4) is 5.75 Å². The Labute approximate surface area is 102 Å². The zero-order valence-electron chi connectivity index (χ0n) is 8.84. The summed E-state index contributed by atoms with van der Waals surface area (Å²) in [6.07, 6.45) is -0.560. The highest BCUT2D eigenvalue weighted by molar-refractivity contribution is 7.07. The Morgan fingerprint density at radius 1 is 1.47 bits per heavy atom. The zero-order valence-corrected chi connectivity index (χ0v) is 9.65. The number of hydrogen-bond acceptors (Lipinski definition) is 4. The number of aromatic nitrogens is 1. The van der Waals surface area contributed by atoms with Gasteiger partial charge in [0, 0.05) is 17.4 Å². The summed E-state index contributed by atoms with van der Waals surface area (Å²) in [5.41, 5.74) is 3.05. The molecule has 2 atom stereocenters. The summed E-state index contributed by atoms with van der Waals surface area (Å²) in [5.74, 6) is 0.168. The fourth-order valence-electron chi connectivity index (χ4n) is 1.98. The monoisotopic (exact) mass is 251 g/mol. The molecule has 1 aromatic heterocycles. The van der Waals surface area contributed by atoms with Gasteiger partial charge >= 0.3 is 0 Å². The molecule has 0 bridgehead atoms. The summed E-state index contributed by atoms with van der Waals surface area (Å²) in [5, 5.41) is 11.9. The molecule has 0 fully saturated rings. The number of halogens is 1. The number of hydrogen-bond donors (Lipinski definition) is 1. The molecule has 1 N–H and O–H groups in total. The number of aliphatic hydroxyl groups is 1. The molecule has 0 saturated carbocycles. The van der Waals surface area contributed by atoms with Gasteiger partial charge in [-0.05, 0) is 18.2 Å². The van der Waals surface area contributed by atoms with Gasteiger partial charge in [-0.1, -0.05) is 0 Å². The van der Waals surface area contributed by atoms with Gasteiger partial charge in [0.2, 0.25) is 0 Å². The largest absolute Gasteiger partial charge is 0.484 e. The molecule has 3 rings (SSSR count). The van der Waals surface area contributed by atoms with Gasteiger partial charge in [-0.3, -0.25) is 0 Å². The number of rotatable bonds is 1. The maximum atomic E-state index is 13.1. The van der Waals surface area contributed by atoms with Crippen molar-refractivity contribution in [3.63, 3.8) is 0 Å². The topological polar surface area (TPSA) is 42.4 Å². The van der Waals surface area contributed by atoms with E-state index in [1.165, 1.54) is 23.5 Å². The van der Waals surface area contributed by atoms with Crippen molar-refractivity contribution < 1.29 is 14.2 Å². The normalized spacial score (nSPS) is 22.9. The van der Waals surface area contributed by atoms with E-state index in [0.29, 0.717) is 17.7 Å². The Balaban J connectivity index is 1.96. The number of benzene rings is 1. The van der Waals surface area contributed by atoms with Crippen LogP contribution in [0, 0.1) is 5.82 Å². The molecular formula is C12H10FNO2S. The number of aliphatic hydroxyl groups excluding tert-OH is 1. The molecule has 2 aromatic rings. The Kier molecular flexibility index (Phi) is 2.57. The third kappa shape index (κ3) is 1.92. The van der Waals surface area contributed by atoms with E-state index in [2.05, 4.69) is 4.98 Å². The Morgan fingerprint density at radius 2 is 2.35 bits per heavy atom. The van der Waals surface area contributed by atoms with Crippen LogP contribution in [0.15, 0.2) is 29.1 Å². The minimum absolute atomic E-state index is 0.255. The zero-order chi connectivity index (χ0) is 11.8. The molecule has 0 amide bonds. The van der Waals surface area contributed by atoms with Gasteiger partial charge in [-0.15, -0.1) is 11.3 Å². The summed E-state index contributed by atoms with van der Waals surface area (Å²) >= 11 is 1.49. The first kappa shape index (κ1) is 10.7. The molecular weight excluding hydrogens is 241 g/mol. The van der Waals surface area contributed by atoms with Crippen LogP contribution in [-0.2, 0) is 0 Å². The summed E-state index contributed by atoms with van der Waals surface area (Å²) in [7, 11) is 0. The highest BCUT2D eigenvalue weighted by Gasteiger charge is 2.29. The second-order valence-corrected chi connectivity index (χ2v) is 4.67. The number of nitrogens with zero attached hydrogens (tertiary/aromatic N) is 1. The van der Waals surface area contributed by atoms with Crippen molar-refractivity contribution in [2.45, 2.75) is 18.6 Å². The minimum atomic E-state index is -0.707. The Hall–Kier alpha value is -1.46. The fourth-order valence-corrected chi connectivity index (χ4v) is 2.58. The summed E-state index contributed by atoms with van der Waals surface area (Å²) in [4.78, 5) is 4.17. The highest BCUT2D eigenvalue weighted by Crippen LogP contribution is 2.40. The predicted octanol–water partition coefficient (Wildman–Crippen LogP) is 2.84. The molecule has 0 saturated heterocycles. The van der Waals surface area contributed by atoms with E-state index in [1.807, 2.05) is 5.38 Å². The van der Waals surface area contributed by atoms with Crippen LogP contribution in [-0.4, -0.2) is 10.1 Å². The number of ether oxygens (including phenoxy) is 1. The van der Waals surface area contributed by atoms with Crippen molar-refractivity contribution in [1.29, 1.82) is 0 Å². The lowest BCUT2D eigenvalue weighted by atomic mass is 9.98. The van der Waals surface area contributed by atoms with Gasteiger partial charge in [-0.2, -0.15) is 0 Å². The molecule has 0 aliphatic carbocycles. The lowest BCUT2D eigenvalue weighted by molar-refractivity contribution is 0.0636. The van der Waals surface area contributed by atoms with Crippen molar-refractivity contribution in [2.24, 2.45) is 0 Å². The molecule has 88 valence electrons. The second kappa shape index (κ2) is 4.09. The molecule has 1 aliphatic rings. The number of thiazole rings is 1. The average Bonchev–Trinajstić information content (AvgIpc) is 2.83. The van der Waals surface area contributed by atoms with Gasteiger partial charge in [-0.25, -0.2) is 9.37 Å². The van der Waals surface area contributed by atoms with E-state index >= 15 is 0 Å². The second-order valence-electron chi connectivity index (χ2n) is 3.95. The highest BCUT2D eigenvalue weighted by atomic mass is 32.1. The van der Waals surface area contributed by atoms with Gasteiger partial charge in [0.25, 0.3) is 0 Å². The van der Waals surface area contributed by atoms with Crippen LogP contribution in [0.1, 0.15) is 29.9 Å². The summed E-state index contributed by atoms with van der Waals surface area (Å²) < 4.78 is 18.8. The summed E-state index contributed by atoms with van der Waals surface area (Å²) in [6, 6.07) is 4.19. The fraction of sp³-hybridized carbons (Fsp3) is 0.250. The first-order valence-corrected chi connectivity index (χ1v) is 6.20. The standard InChI is InChI=1S/C12H10FNO2S/c13-7-1-2-11-8(3-7)10(15)4-12(16-11)9-5-17-6-14-9/h1-3,5-6,10,12,15H,4H2. The van der Waals surface area contributed by atoms with E-state index in [-0.39, 0.29) is 11.9 Å². The van der Waals surface area contributed by atoms with E-state index < -0.39 is 6.10 Å². The van der Waals surface area contributed by atoms with E-state index in [9.17, 15) is 9.50 Å². The maximum absolute atomic E-state index is 13.1. The molecule has 2 unspecified atom stereocenters. The molecule has 0 spiro atoms. The van der Waals surface area contributed by atoms with Crippen molar-refractivity contribution >= 4 is 11.3 Å². The molecule has 2 heterocycles.